The monoisotopic (exact) mass is 418 g/mol. The number of anilines is 1. The molecule has 10 heteroatoms. The normalized spacial score (nSPS) is 15.7. The second kappa shape index (κ2) is 7.50. The van der Waals surface area contributed by atoms with Crippen molar-refractivity contribution in [1.29, 1.82) is 0 Å². The topological polar surface area (TPSA) is 84.2 Å². The predicted molar refractivity (Wildman–Crippen MR) is 106 cm³/mol. The van der Waals surface area contributed by atoms with Crippen molar-refractivity contribution in [2.75, 3.05) is 31.1 Å². The van der Waals surface area contributed by atoms with Crippen LogP contribution < -0.4 is 4.90 Å². The molecule has 146 valence electrons. The van der Waals surface area contributed by atoms with Crippen LogP contribution in [-0.4, -0.2) is 58.4 Å². The Bertz CT molecular complexity index is 1060. The molecule has 1 aliphatic rings. The van der Waals surface area contributed by atoms with Crippen molar-refractivity contribution in [2.45, 2.75) is 11.8 Å². The van der Waals surface area contributed by atoms with Gasteiger partial charge in [0, 0.05) is 49.7 Å². The van der Waals surface area contributed by atoms with E-state index in [4.69, 9.17) is 11.6 Å². The van der Waals surface area contributed by atoms with E-state index in [0.29, 0.717) is 37.0 Å². The minimum atomic E-state index is -3.53. The third-order valence-corrected chi connectivity index (χ3v) is 6.76. The third-order valence-electron chi connectivity index (χ3n) is 4.59. The third kappa shape index (κ3) is 3.73. The van der Waals surface area contributed by atoms with Gasteiger partial charge in [0.1, 0.15) is 23.8 Å². The Morgan fingerprint density at radius 3 is 2.32 bits per heavy atom. The highest BCUT2D eigenvalue weighted by Gasteiger charge is 2.29. The van der Waals surface area contributed by atoms with Crippen molar-refractivity contribution in [3.05, 3.63) is 59.9 Å². The average Bonchev–Trinajstić information content (AvgIpc) is 3.23. The van der Waals surface area contributed by atoms with Gasteiger partial charge < -0.3 is 4.90 Å². The molecular weight excluding hydrogens is 400 g/mol. The van der Waals surface area contributed by atoms with Crippen LogP contribution in [0.1, 0.15) is 5.82 Å². The molecule has 8 nitrogen and oxygen atoms in total. The van der Waals surface area contributed by atoms with E-state index in [2.05, 4.69) is 19.9 Å². The Hall–Kier alpha value is -2.49. The van der Waals surface area contributed by atoms with E-state index in [1.165, 1.54) is 16.4 Å². The highest BCUT2D eigenvalue weighted by atomic mass is 35.5. The maximum absolute atomic E-state index is 12.8. The van der Waals surface area contributed by atoms with Gasteiger partial charge in [-0.2, -0.15) is 4.31 Å². The Balaban J connectivity index is 1.51. The lowest BCUT2D eigenvalue weighted by molar-refractivity contribution is 0.383. The SMILES string of the molecule is Cc1nc(N2CCN(S(=O)(=O)c3ccc(Cl)cc3)CC2)cc(-n2ccnc2)n1. The van der Waals surface area contributed by atoms with E-state index < -0.39 is 10.0 Å². The lowest BCUT2D eigenvalue weighted by Gasteiger charge is -2.34. The number of sulfonamides is 1. The van der Waals surface area contributed by atoms with Crippen LogP contribution in [0.15, 0.2) is 53.9 Å². The molecule has 0 bridgehead atoms. The zero-order valence-corrected chi connectivity index (χ0v) is 16.8. The van der Waals surface area contributed by atoms with Crippen molar-refractivity contribution in [3.63, 3.8) is 0 Å². The number of benzene rings is 1. The summed E-state index contributed by atoms with van der Waals surface area (Å²) in [5.74, 6) is 2.16. The Labute approximate surface area is 168 Å². The summed E-state index contributed by atoms with van der Waals surface area (Å²) in [6.07, 6.45) is 5.20. The minimum absolute atomic E-state index is 0.255. The molecule has 1 aromatic carbocycles. The molecule has 3 heterocycles. The quantitative estimate of drug-likeness (QED) is 0.645. The average molecular weight is 419 g/mol. The van der Waals surface area contributed by atoms with Gasteiger partial charge in [-0.1, -0.05) is 11.6 Å². The van der Waals surface area contributed by atoms with Gasteiger partial charge >= 0.3 is 0 Å². The number of halogens is 1. The van der Waals surface area contributed by atoms with Crippen molar-refractivity contribution < 1.29 is 8.42 Å². The first-order valence-corrected chi connectivity index (χ1v) is 10.6. The maximum Gasteiger partial charge on any atom is 0.243 e. The van der Waals surface area contributed by atoms with Crippen LogP contribution in [0.5, 0.6) is 0 Å². The second-order valence-corrected chi connectivity index (χ2v) is 8.82. The molecule has 0 radical (unpaired) electrons. The highest BCUT2D eigenvalue weighted by Crippen LogP contribution is 2.22. The molecule has 1 fully saturated rings. The molecule has 0 spiro atoms. The molecular formula is C18H19ClN6O2S. The summed E-state index contributed by atoms with van der Waals surface area (Å²) in [5, 5.41) is 0.511. The molecule has 4 rings (SSSR count). The summed E-state index contributed by atoms with van der Waals surface area (Å²) in [6.45, 7) is 3.70. The molecule has 2 aromatic heterocycles. The molecule has 1 saturated heterocycles. The number of imidazole rings is 1. The number of hydrogen-bond donors (Lipinski definition) is 0. The number of aryl methyl sites for hydroxylation is 1. The number of hydrogen-bond acceptors (Lipinski definition) is 6. The number of piperazine rings is 1. The molecule has 0 atom stereocenters. The van der Waals surface area contributed by atoms with Gasteiger partial charge in [-0.25, -0.2) is 23.4 Å². The van der Waals surface area contributed by atoms with Gasteiger partial charge in [-0.05, 0) is 31.2 Å². The Kier molecular flexibility index (Phi) is 5.05. The van der Waals surface area contributed by atoms with Crippen molar-refractivity contribution in [1.82, 2.24) is 23.8 Å². The van der Waals surface area contributed by atoms with E-state index in [1.807, 2.05) is 23.8 Å². The van der Waals surface area contributed by atoms with Crippen LogP contribution >= 0.6 is 11.6 Å². The van der Waals surface area contributed by atoms with Crippen LogP contribution in [0, 0.1) is 6.92 Å². The fourth-order valence-corrected chi connectivity index (χ4v) is 4.69. The first-order chi connectivity index (χ1) is 13.4. The van der Waals surface area contributed by atoms with Gasteiger partial charge in [0.2, 0.25) is 10.0 Å². The zero-order valence-electron chi connectivity index (χ0n) is 15.2. The van der Waals surface area contributed by atoms with Crippen molar-refractivity contribution in [2.24, 2.45) is 0 Å². The molecule has 0 aliphatic carbocycles. The van der Waals surface area contributed by atoms with Crippen LogP contribution in [0.4, 0.5) is 5.82 Å². The van der Waals surface area contributed by atoms with Crippen LogP contribution in [0.25, 0.3) is 5.82 Å². The largest absolute Gasteiger partial charge is 0.354 e. The van der Waals surface area contributed by atoms with Gasteiger partial charge in [0.25, 0.3) is 0 Å². The summed E-state index contributed by atoms with van der Waals surface area (Å²) in [7, 11) is -3.53. The van der Waals surface area contributed by atoms with E-state index in [9.17, 15) is 8.42 Å². The van der Waals surface area contributed by atoms with E-state index in [0.717, 1.165) is 11.6 Å². The number of aromatic nitrogens is 4. The highest BCUT2D eigenvalue weighted by molar-refractivity contribution is 7.89. The summed E-state index contributed by atoms with van der Waals surface area (Å²) in [6, 6.07) is 8.14. The van der Waals surface area contributed by atoms with Crippen LogP contribution in [-0.2, 0) is 10.0 Å². The summed E-state index contributed by atoms with van der Waals surface area (Å²) in [4.78, 5) is 15.3. The summed E-state index contributed by atoms with van der Waals surface area (Å²) >= 11 is 5.86. The number of nitrogens with zero attached hydrogens (tertiary/aromatic N) is 6. The molecule has 0 saturated carbocycles. The predicted octanol–water partition coefficient (Wildman–Crippen LogP) is 2.14. The first-order valence-electron chi connectivity index (χ1n) is 8.78. The smallest absolute Gasteiger partial charge is 0.243 e. The van der Waals surface area contributed by atoms with Gasteiger partial charge in [0.15, 0.2) is 0 Å². The summed E-state index contributed by atoms with van der Waals surface area (Å²) in [5.41, 5.74) is 0. The second-order valence-electron chi connectivity index (χ2n) is 6.45. The lowest BCUT2D eigenvalue weighted by Crippen LogP contribution is -2.49. The molecule has 0 unspecified atom stereocenters. The maximum atomic E-state index is 12.8. The van der Waals surface area contributed by atoms with E-state index >= 15 is 0 Å². The van der Waals surface area contributed by atoms with Gasteiger partial charge in [0.05, 0.1) is 4.90 Å². The van der Waals surface area contributed by atoms with E-state index in [1.54, 1.807) is 24.7 Å². The van der Waals surface area contributed by atoms with E-state index in [-0.39, 0.29) is 4.90 Å². The first kappa shape index (κ1) is 18.9. The fourth-order valence-electron chi connectivity index (χ4n) is 3.14. The van der Waals surface area contributed by atoms with Crippen LogP contribution in [0.3, 0.4) is 0 Å². The summed E-state index contributed by atoms with van der Waals surface area (Å²) < 4.78 is 29.0. The fraction of sp³-hybridized carbons (Fsp3) is 0.278. The van der Waals surface area contributed by atoms with Gasteiger partial charge in [-0.3, -0.25) is 4.57 Å². The standard InChI is InChI=1S/C18H19ClN6O2S/c1-14-21-17(12-18(22-14)24-7-6-20-13-24)23-8-10-25(11-9-23)28(26,27)16-4-2-15(19)3-5-16/h2-7,12-13H,8-11H2,1H3. The van der Waals surface area contributed by atoms with Crippen molar-refractivity contribution >= 4 is 27.4 Å². The molecule has 3 aromatic rings. The van der Waals surface area contributed by atoms with Crippen LogP contribution in [0.2, 0.25) is 5.02 Å². The Morgan fingerprint density at radius 1 is 1.00 bits per heavy atom. The minimum Gasteiger partial charge on any atom is -0.354 e. The molecule has 28 heavy (non-hydrogen) atoms. The lowest BCUT2D eigenvalue weighted by atomic mass is 10.3. The number of rotatable bonds is 4. The van der Waals surface area contributed by atoms with Gasteiger partial charge in [-0.15, -0.1) is 0 Å². The van der Waals surface area contributed by atoms with Crippen molar-refractivity contribution in [3.8, 4) is 5.82 Å². The molecule has 0 amide bonds. The Morgan fingerprint density at radius 2 is 1.68 bits per heavy atom. The molecule has 1 aliphatic heterocycles. The zero-order chi connectivity index (χ0) is 19.7. The molecule has 0 N–H and O–H groups in total.